The summed E-state index contributed by atoms with van der Waals surface area (Å²) in [6, 6.07) is 0. The number of carbonyl (C=O) groups excluding carboxylic acids is 1. The van der Waals surface area contributed by atoms with Gasteiger partial charge < -0.3 is 10.2 Å². The van der Waals surface area contributed by atoms with Gasteiger partial charge in [0.05, 0.1) is 11.7 Å². The van der Waals surface area contributed by atoms with Gasteiger partial charge >= 0.3 is 0 Å². The fourth-order valence-electron chi connectivity index (χ4n) is 10.1. The Balaban J connectivity index is 1.60. The van der Waals surface area contributed by atoms with E-state index in [9.17, 15) is 15.0 Å². The first-order chi connectivity index (χ1) is 15.1. The van der Waals surface area contributed by atoms with Crippen LogP contribution >= 0.6 is 0 Å². The summed E-state index contributed by atoms with van der Waals surface area (Å²) in [7, 11) is 0. The highest BCUT2D eigenvalue weighted by Crippen LogP contribution is 2.75. The van der Waals surface area contributed by atoms with Gasteiger partial charge in [-0.25, -0.2) is 0 Å². The Kier molecular flexibility index (Phi) is 6.10. The number of hydrogen-bond donors (Lipinski definition) is 2. The molecule has 4 aliphatic carbocycles. The minimum atomic E-state index is -0.748. The van der Waals surface area contributed by atoms with Gasteiger partial charge in [-0.1, -0.05) is 46.8 Å². The van der Waals surface area contributed by atoms with Crippen LogP contribution in [0.4, 0.5) is 0 Å². The molecule has 33 heavy (non-hydrogen) atoms. The molecule has 0 aromatic carbocycles. The Hall–Kier alpha value is -0.670. The van der Waals surface area contributed by atoms with Crippen LogP contribution < -0.4 is 0 Å². The number of Topliss-reactive ketones (excluding diaryl/α,β-unsaturated/α-hetero) is 1. The summed E-state index contributed by atoms with van der Waals surface area (Å²) in [5, 5.41) is 21.9. The molecule has 4 rings (SSSR count). The van der Waals surface area contributed by atoms with Crippen LogP contribution in [0.3, 0.4) is 0 Å². The van der Waals surface area contributed by atoms with Crippen molar-refractivity contribution in [2.24, 2.45) is 45.3 Å². The smallest absolute Gasteiger partial charge is 0.138 e. The second kappa shape index (κ2) is 7.92. The summed E-state index contributed by atoms with van der Waals surface area (Å²) in [6.45, 7) is 19.9. The van der Waals surface area contributed by atoms with Crippen molar-refractivity contribution in [1.29, 1.82) is 0 Å². The van der Waals surface area contributed by atoms with E-state index in [1.807, 2.05) is 13.8 Å². The lowest BCUT2D eigenvalue weighted by Crippen LogP contribution is -2.63. The van der Waals surface area contributed by atoms with Gasteiger partial charge in [0.25, 0.3) is 0 Å². The molecule has 4 saturated carbocycles. The molecule has 0 heterocycles. The van der Waals surface area contributed by atoms with Crippen LogP contribution in [0.1, 0.15) is 113 Å². The zero-order valence-electron chi connectivity index (χ0n) is 22.5. The monoisotopic (exact) mass is 458 g/mol. The third-order valence-electron chi connectivity index (χ3n) is 12.4. The van der Waals surface area contributed by atoms with Gasteiger partial charge in [0.2, 0.25) is 0 Å². The summed E-state index contributed by atoms with van der Waals surface area (Å²) in [6.07, 6.45) is 9.58. The van der Waals surface area contributed by atoms with Gasteiger partial charge in [-0.05, 0) is 112 Å². The van der Waals surface area contributed by atoms with Crippen molar-refractivity contribution in [3.63, 3.8) is 0 Å². The molecule has 0 amide bonds. The predicted molar refractivity (Wildman–Crippen MR) is 135 cm³/mol. The number of ketones is 1. The Morgan fingerprint density at radius 2 is 1.67 bits per heavy atom. The molecule has 4 aliphatic rings. The number of hydrogen-bond acceptors (Lipinski definition) is 3. The van der Waals surface area contributed by atoms with E-state index in [1.54, 1.807) is 0 Å². The van der Waals surface area contributed by atoms with Crippen LogP contribution in [-0.4, -0.2) is 27.7 Å². The Bertz CT molecular complexity index is 811. The largest absolute Gasteiger partial charge is 0.390 e. The second-order valence-corrected chi connectivity index (χ2v) is 14.2. The molecule has 0 aliphatic heterocycles. The van der Waals surface area contributed by atoms with Gasteiger partial charge in [-0.3, -0.25) is 4.79 Å². The topological polar surface area (TPSA) is 57.5 Å². The maximum absolute atomic E-state index is 12.9. The molecule has 0 radical (unpaired) electrons. The lowest BCUT2D eigenvalue weighted by Gasteiger charge is -2.69. The fourth-order valence-corrected chi connectivity index (χ4v) is 10.1. The van der Waals surface area contributed by atoms with E-state index in [0.29, 0.717) is 42.3 Å². The summed E-state index contributed by atoms with van der Waals surface area (Å²) in [5.74, 6) is 2.46. The van der Waals surface area contributed by atoms with E-state index < -0.39 is 11.7 Å². The highest BCUT2D eigenvalue weighted by Gasteiger charge is 2.69. The molecule has 0 aromatic rings. The third kappa shape index (κ3) is 3.53. The molecule has 0 bridgehead atoms. The van der Waals surface area contributed by atoms with E-state index in [2.05, 4.69) is 41.2 Å². The standard InChI is InChI=1S/C30H50O3/c1-19(2)22(31)12-18-30(8,33)21-11-16-28(6)20(21)9-10-24-27(5)15-14-25(32)26(3,4)23(27)13-17-29(24,28)7/h20-24,31,33H,1,9-18H2,2-8H3/t20?,21?,22?,23?,24?,27-,28+,29+,30-/m0/s1. The van der Waals surface area contributed by atoms with Crippen molar-refractivity contribution in [2.75, 3.05) is 0 Å². The van der Waals surface area contributed by atoms with Crippen LogP contribution in [-0.2, 0) is 4.79 Å². The van der Waals surface area contributed by atoms with E-state index in [4.69, 9.17) is 0 Å². The van der Waals surface area contributed by atoms with Gasteiger partial charge in [0.1, 0.15) is 5.78 Å². The molecule has 9 atom stereocenters. The summed E-state index contributed by atoms with van der Waals surface area (Å²) in [5.41, 5.74) is 0.580. The summed E-state index contributed by atoms with van der Waals surface area (Å²) < 4.78 is 0. The number of aliphatic hydroxyl groups is 2. The predicted octanol–water partition coefficient (Wildman–Crippen LogP) is 6.71. The minimum absolute atomic E-state index is 0.196. The molecular formula is C30H50O3. The van der Waals surface area contributed by atoms with Crippen LogP contribution in [0.25, 0.3) is 0 Å². The molecule has 3 heteroatoms. The maximum Gasteiger partial charge on any atom is 0.138 e. The molecule has 2 N–H and O–H groups in total. The van der Waals surface area contributed by atoms with Crippen LogP contribution in [0.2, 0.25) is 0 Å². The zero-order valence-corrected chi connectivity index (χ0v) is 22.5. The average molecular weight is 459 g/mol. The maximum atomic E-state index is 12.9. The zero-order chi connectivity index (χ0) is 24.6. The first kappa shape index (κ1) is 25.4. The van der Waals surface area contributed by atoms with Crippen molar-refractivity contribution in [1.82, 2.24) is 0 Å². The van der Waals surface area contributed by atoms with Crippen LogP contribution in [0.5, 0.6) is 0 Å². The van der Waals surface area contributed by atoms with E-state index in [1.165, 1.54) is 25.7 Å². The van der Waals surface area contributed by atoms with E-state index >= 15 is 0 Å². The third-order valence-corrected chi connectivity index (χ3v) is 12.4. The molecule has 4 fully saturated rings. The number of carbonyl (C=O) groups is 1. The molecule has 0 spiro atoms. The first-order valence-corrected chi connectivity index (χ1v) is 13.7. The quantitative estimate of drug-likeness (QED) is 0.450. The molecule has 5 unspecified atom stereocenters. The fraction of sp³-hybridized carbons (Fsp3) is 0.900. The summed E-state index contributed by atoms with van der Waals surface area (Å²) >= 11 is 0. The van der Waals surface area contributed by atoms with Crippen molar-refractivity contribution < 1.29 is 15.0 Å². The van der Waals surface area contributed by atoms with Crippen LogP contribution in [0.15, 0.2) is 12.2 Å². The van der Waals surface area contributed by atoms with Gasteiger partial charge in [-0.15, -0.1) is 0 Å². The second-order valence-electron chi connectivity index (χ2n) is 14.2. The van der Waals surface area contributed by atoms with Crippen molar-refractivity contribution in [3.8, 4) is 0 Å². The lowest BCUT2D eigenvalue weighted by atomic mass is 9.35. The normalized spacial score (nSPS) is 47.1. The number of aliphatic hydroxyl groups excluding tert-OH is 1. The Morgan fingerprint density at radius 3 is 2.30 bits per heavy atom. The molecule has 0 saturated heterocycles. The lowest BCUT2D eigenvalue weighted by molar-refractivity contribution is -0.207. The minimum Gasteiger partial charge on any atom is -0.390 e. The van der Waals surface area contributed by atoms with Crippen molar-refractivity contribution in [3.05, 3.63) is 12.2 Å². The first-order valence-electron chi connectivity index (χ1n) is 13.7. The Morgan fingerprint density at radius 1 is 1.03 bits per heavy atom. The number of rotatable bonds is 5. The van der Waals surface area contributed by atoms with Crippen molar-refractivity contribution in [2.45, 2.75) is 124 Å². The highest BCUT2D eigenvalue weighted by molar-refractivity contribution is 5.85. The SMILES string of the molecule is C=C(C)C(O)CC[C@](C)(O)C1CC[C@]2(C)C1CCC1[C@@]3(C)CCC(=O)C(C)(C)C3CC[C@]12C. The van der Waals surface area contributed by atoms with Gasteiger partial charge in [0, 0.05) is 11.8 Å². The molecule has 188 valence electrons. The van der Waals surface area contributed by atoms with Gasteiger partial charge in [0.15, 0.2) is 0 Å². The molecule has 0 aromatic heterocycles. The highest BCUT2D eigenvalue weighted by atomic mass is 16.3. The molecule has 3 nitrogen and oxygen atoms in total. The summed E-state index contributed by atoms with van der Waals surface area (Å²) in [4.78, 5) is 12.9. The van der Waals surface area contributed by atoms with Crippen molar-refractivity contribution >= 4 is 5.78 Å². The molecular weight excluding hydrogens is 408 g/mol. The van der Waals surface area contributed by atoms with Gasteiger partial charge in [-0.2, -0.15) is 0 Å². The average Bonchev–Trinajstić information content (AvgIpc) is 3.08. The Labute approximate surface area is 202 Å². The van der Waals surface area contributed by atoms with Crippen LogP contribution in [0, 0.1) is 45.3 Å². The van der Waals surface area contributed by atoms with E-state index in [-0.39, 0.29) is 21.7 Å². The van der Waals surface area contributed by atoms with E-state index in [0.717, 1.165) is 31.3 Å². The number of fused-ring (bicyclic) bond motifs is 5.